The monoisotopic (exact) mass is 147 g/mol. The van der Waals surface area contributed by atoms with Crippen LogP contribution in [-0.2, 0) is 0 Å². The first kappa shape index (κ1) is 7.83. The van der Waals surface area contributed by atoms with Gasteiger partial charge in [-0.05, 0) is 12.2 Å². The molecule has 8 heavy (non-hydrogen) atoms. The van der Waals surface area contributed by atoms with Crippen molar-refractivity contribution >= 4 is 29.0 Å². The molecule has 0 spiro atoms. The van der Waals surface area contributed by atoms with Crippen LogP contribution in [0.5, 0.6) is 0 Å². The van der Waals surface area contributed by atoms with E-state index in [4.69, 9.17) is 11.6 Å². The van der Waals surface area contributed by atoms with E-state index in [0.29, 0.717) is 12.4 Å². The molecule has 0 unspecified atom stereocenters. The summed E-state index contributed by atoms with van der Waals surface area (Å²) >= 11 is 9.62. The van der Waals surface area contributed by atoms with Crippen LogP contribution in [0.25, 0.3) is 0 Å². The second-order valence-corrected chi connectivity index (χ2v) is 1.55. The number of rotatable bonds is 3. The Morgan fingerprint density at radius 3 is 2.88 bits per heavy atom. The Labute approximate surface area is 59.1 Å². The Bertz CT molecular complexity index is 116. The lowest BCUT2D eigenvalue weighted by Crippen LogP contribution is -1.68. The minimum absolute atomic E-state index is 0.535. The molecular weight excluding hydrogens is 142 g/mol. The number of halogens is 1. The van der Waals surface area contributed by atoms with Crippen LogP contribution in [0, 0.1) is 0 Å². The van der Waals surface area contributed by atoms with Gasteiger partial charge in [0, 0.05) is 5.88 Å². The van der Waals surface area contributed by atoms with Crippen LogP contribution in [0.2, 0.25) is 0 Å². The third kappa shape index (κ3) is 5.83. The van der Waals surface area contributed by atoms with Gasteiger partial charge in [0.25, 0.3) is 0 Å². The van der Waals surface area contributed by atoms with Crippen LogP contribution in [0.4, 0.5) is 0 Å². The third-order valence-electron chi connectivity index (χ3n) is 0.517. The number of allylic oxidation sites excluding steroid dienone is 1. The van der Waals surface area contributed by atoms with Crippen LogP contribution in [0.3, 0.4) is 0 Å². The van der Waals surface area contributed by atoms with E-state index in [1.165, 1.54) is 0 Å². The Kier molecular flexibility index (Phi) is 6.68. The molecule has 0 aliphatic carbocycles. The fourth-order valence-corrected chi connectivity index (χ4v) is 0.428. The Morgan fingerprint density at radius 1 is 1.62 bits per heavy atom. The summed E-state index contributed by atoms with van der Waals surface area (Å²) in [6.45, 7) is 0.593. The van der Waals surface area contributed by atoms with E-state index in [9.17, 15) is 0 Å². The molecule has 0 aliphatic rings. The van der Waals surface area contributed by atoms with Crippen molar-refractivity contribution in [3.8, 4) is 0 Å². The molecule has 0 rings (SSSR count). The number of hydrogen-bond donors (Lipinski definition) is 0. The number of aliphatic imine (C=N–C) groups is 1. The van der Waals surface area contributed by atoms with Crippen LogP contribution in [0.15, 0.2) is 17.1 Å². The molecule has 0 aromatic carbocycles. The van der Waals surface area contributed by atoms with Crippen molar-refractivity contribution < 1.29 is 0 Å². The maximum Gasteiger partial charge on any atom is 0.0674 e. The fourth-order valence-electron chi connectivity index (χ4n) is 0.228. The van der Waals surface area contributed by atoms with E-state index in [1.807, 2.05) is 12.2 Å². The van der Waals surface area contributed by atoms with Gasteiger partial charge in [0.15, 0.2) is 0 Å². The lowest BCUT2D eigenvalue weighted by atomic mass is 10.5. The maximum absolute atomic E-state index is 5.31. The molecule has 0 aromatic rings. The minimum Gasteiger partial charge on any atom is -0.228 e. The Morgan fingerprint density at radius 2 is 2.38 bits per heavy atom. The molecule has 0 fully saturated rings. The molecular formula is C5H6ClNS. The largest absolute Gasteiger partial charge is 0.228 e. The van der Waals surface area contributed by atoms with E-state index < -0.39 is 0 Å². The highest BCUT2D eigenvalue weighted by Crippen LogP contribution is 1.77. The normalized spacial score (nSPS) is 9.12. The van der Waals surface area contributed by atoms with E-state index >= 15 is 0 Å². The topological polar surface area (TPSA) is 12.4 Å². The summed E-state index contributed by atoms with van der Waals surface area (Å²) in [7, 11) is 0. The number of nitrogens with zero attached hydrogens (tertiary/aromatic N) is 1. The summed E-state index contributed by atoms with van der Waals surface area (Å²) in [6.07, 6.45) is 3.66. The van der Waals surface area contributed by atoms with Gasteiger partial charge < -0.3 is 0 Å². The lowest BCUT2D eigenvalue weighted by molar-refractivity contribution is 1.26. The van der Waals surface area contributed by atoms with Gasteiger partial charge in [-0.15, -0.1) is 11.6 Å². The SMILES string of the molecule is S=C=NC/C=C\CCl. The molecule has 0 saturated heterocycles. The maximum atomic E-state index is 5.31. The molecule has 0 aliphatic heterocycles. The summed E-state index contributed by atoms with van der Waals surface area (Å²) in [4.78, 5) is 3.63. The van der Waals surface area contributed by atoms with Crippen molar-refractivity contribution in [1.82, 2.24) is 0 Å². The van der Waals surface area contributed by atoms with E-state index in [-0.39, 0.29) is 0 Å². The first-order valence-corrected chi connectivity index (χ1v) is 3.10. The molecule has 1 nitrogen and oxygen atoms in total. The van der Waals surface area contributed by atoms with Gasteiger partial charge in [0.2, 0.25) is 0 Å². The summed E-state index contributed by atoms with van der Waals surface area (Å²) in [6, 6.07) is 0. The van der Waals surface area contributed by atoms with Crippen molar-refractivity contribution in [2.45, 2.75) is 0 Å². The van der Waals surface area contributed by atoms with Crippen LogP contribution in [0.1, 0.15) is 0 Å². The van der Waals surface area contributed by atoms with Gasteiger partial charge in [-0.3, -0.25) is 0 Å². The molecule has 0 amide bonds. The average molecular weight is 148 g/mol. The van der Waals surface area contributed by atoms with E-state index in [0.717, 1.165) is 0 Å². The predicted molar refractivity (Wildman–Crippen MR) is 39.8 cm³/mol. The number of hydrogen-bond acceptors (Lipinski definition) is 2. The zero-order chi connectivity index (χ0) is 6.24. The zero-order valence-electron chi connectivity index (χ0n) is 4.30. The lowest BCUT2D eigenvalue weighted by Gasteiger charge is -1.74. The van der Waals surface area contributed by atoms with Crippen molar-refractivity contribution in [3.05, 3.63) is 12.2 Å². The number of isothiocyanates is 1. The first-order valence-electron chi connectivity index (χ1n) is 2.16. The van der Waals surface area contributed by atoms with Crippen LogP contribution in [-0.4, -0.2) is 17.6 Å². The summed E-state index contributed by atoms with van der Waals surface area (Å²) in [5.74, 6) is 0.535. The smallest absolute Gasteiger partial charge is 0.0674 e. The molecule has 44 valence electrons. The Hall–Kier alpha value is -0.170. The Balaban J connectivity index is 3.15. The molecule has 0 saturated carbocycles. The first-order chi connectivity index (χ1) is 3.91. The highest BCUT2D eigenvalue weighted by Gasteiger charge is 1.66. The second kappa shape index (κ2) is 6.83. The van der Waals surface area contributed by atoms with Crippen molar-refractivity contribution in [1.29, 1.82) is 0 Å². The van der Waals surface area contributed by atoms with Crippen LogP contribution >= 0.6 is 23.8 Å². The van der Waals surface area contributed by atoms with Gasteiger partial charge in [-0.1, -0.05) is 12.2 Å². The van der Waals surface area contributed by atoms with Crippen molar-refractivity contribution in [2.24, 2.45) is 4.99 Å². The molecule has 0 heterocycles. The van der Waals surface area contributed by atoms with E-state index in [1.54, 1.807) is 0 Å². The fraction of sp³-hybridized carbons (Fsp3) is 0.400. The molecule has 0 N–H and O–H groups in total. The zero-order valence-corrected chi connectivity index (χ0v) is 5.87. The van der Waals surface area contributed by atoms with Crippen molar-refractivity contribution in [3.63, 3.8) is 0 Å². The van der Waals surface area contributed by atoms with Gasteiger partial charge in [0.05, 0.1) is 11.7 Å². The molecule has 0 bridgehead atoms. The number of thiocarbonyl (C=S) groups is 1. The van der Waals surface area contributed by atoms with Gasteiger partial charge in [-0.2, -0.15) is 0 Å². The standard InChI is InChI=1S/C5H6ClNS/c6-3-1-2-4-7-5-8/h1-2H,3-4H2/b2-1-. The van der Waals surface area contributed by atoms with Gasteiger partial charge in [0.1, 0.15) is 0 Å². The highest BCUT2D eigenvalue weighted by molar-refractivity contribution is 7.78. The molecule has 0 aromatic heterocycles. The van der Waals surface area contributed by atoms with Crippen molar-refractivity contribution in [2.75, 3.05) is 12.4 Å². The highest BCUT2D eigenvalue weighted by atomic mass is 35.5. The van der Waals surface area contributed by atoms with Crippen LogP contribution < -0.4 is 0 Å². The second-order valence-electron chi connectivity index (χ2n) is 1.06. The third-order valence-corrected chi connectivity index (χ3v) is 0.824. The summed E-state index contributed by atoms with van der Waals surface area (Å²) in [5.41, 5.74) is 0. The number of alkyl halides is 1. The van der Waals surface area contributed by atoms with E-state index in [2.05, 4.69) is 22.4 Å². The minimum atomic E-state index is 0.535. The summed E-state index contributed by atoms with van der Waals surface area (Å²) in [5, 5.41) is 2.24. The molecule has 3 heteroatoms. The van der Waals surface area contributed by atoms with Gasteiger partial charge in [-0.25, -0.2) is 4.99 Å². The predicted octanol–water partition coefficient (Wildman–Crippen LogP) is 1.88. The molecule has 0 atom stereocenters. The average Bonchev–Trinajstić information content (AvgIpc) is 1.81. The van der Waals surface area contributed by atoms with Gasteiger partial charge >= 0.3 is 0 Å². The molecule has 0 radical (unpaired) electrons. The summed E-state index contributed by atoms with van der Waals surface area (Å²) < 4.78 is 0. The quantitative estimate of drug-likeness (QED) is 0.257.